The van der Waals surface area contributed by atoms with Gasteiger partial charge >= 0.3 is 17.9 Å². The highest BCUT2D eigenvalue weighted by atomic mass is 16.6. The lowest BCUT2D eigenvalue weighted by atomic mass is 10.0. The quantitative estimate of drug-likeness (QED) is 0.0261. The summed E-state index contributed by atoms with van der Waals surface area (Å²) in [7, 11) is 0. The average molecular weight is 1010 g/mol. The van der Waals surface area contributed by atoms with E-state index in [0.29, 0.717) is 19.3 Å². The molecular formula is C66H116O6. The van der Waals surface area contributed by atoms with Crippen LogP contribution in [0.25, 0.3) is 0 Å². The van der Waals surface area contributed by atoms with Crippen LogP contribution < -0.4 is 0 Å². The van der Waals surface area contributed by atoms with Crippen molar-refractivity contribution in [2.24, 2.45) is 0 Å². The highest BCUT2D eigenvalue weighted by Crippen LogP contribution is 2.17. The third-order valence-electron chi connectivity index (χ3n) is 13.4. The molecule has 0 aliphatic carbocycles. The fraction of sp³-hybridized carbons (Fsp3) is 0.773. The van der Waals surface area contributed by atoms with Gasteiger partial charge in [0.15, 0.2) is 6.10 Å². The number of carbonyl (C=O) groups is 3. The number of rotatable bonds is 56. The van der Waals surface area contributed by atoms with E-state index in [-0.39, 0.29) is 31.1 Å². The number of unbranched alkanes of at least 4 members (excludes halogenated alkanes) is 33. The van der Waals surface area contributed by atoms with Gasteiger partial charge in [0.05, 0.1) is 0 Å². The lowest BCUT2D eigenvalue weighted by Gasteiger charge is -2.18. The molecule has 0 saturated carbocycles. The molecule has 0 fully saturated rings. The first-order valence-corrected chi connectivity index (χ1v) is 30.9. The van der Waals surface area contributed by atoms with Crippen LogP contribution in [0.1, 0.15) is 310 Å². The van der Waals surface area contributed by atoms with Gasteiger partial charge in [0, 0.05) is 19.3 Å². The number of carbonyl (C=O) groups excluding carboxylic acids is 3. The molecule has 72 heavy (non-hydrogen) atoms. The largest absolute Gasteiger partial charge is 0.462 e. The Morgan fingerprint density at radius 3 is 0.889 bits per heavy atom. The summed E-state index contributed by atoms with van der Waals surface area (Å²) in [6.45, 7) is 6.51. The van der Waals surface area contributed by atoms with Gasteiger partial charge in [-0.2, -0.15) is 0 Å². The maximum atomic E-state index is 12.9. The zero-order valence-corrected chi connectivity index (χ0v) is 47.7. The molecule has 6 nitrogen and oxygen atoms in total. The lowest BCUT2D eigenvalue weighted by Crippen LogP contribution is -2.30. The smallest absolute Gasteiger partial charge is 0.306 e. The minimum Gasteiger partial charge on any atom is -0.462 e. The molecule has 0 radical (unpaired) electrons. The summed E-state index contributed by atoms with van der Waals surface area (Å²) in [5.41, 5.74) is 0. The van der Waals surface area contributed by atoms with Gasteiger partial charge in [-0.3, -0.25) is 14.4 Å². The first kappa shape index (κ1) is 68.8. The van der Waals surface area contributed by atoms with Crippen molar-refractivity contribution in [1.82, 2.24) is 0 Å². The van der Waals surface area contributed by atoms with Gasteiger partial charge in [-0.15, -0.1) is 0 Å². The fourth-order valence-electron chi connectivity index (χ4n) is 8.81. The first-order chi connectivity index (χ1) is 35.5. The van der Waals surface area contributed by atoms with Gasteiger partial charge in [0.1, 0.15) is 13.2 Å². The van der Waals surface area contributed by atoms with Crippen LogP contribution in [-0.2, 0) is 28.6 Å². The molecule has 0 spiro atoms. The monoisotopic (exact) mass is 1000 g/mol. The van der Waals surface area contributed by atoms with Crippen molar-refractivity contribution < 1.29 is 28.6 Å². The minimum absolute atomic E-state index is 0.0818. The van der Waals surface area contributed by atoms with Gasteiger partial charge in [-0.05, 0) is 83.5 Å². The van der Waals surface area contributed by atoms with Crippen LogP contribution in [0.5, 0.6) is 0 Å². The predicted octanol–water partition coefficient (Wildman–Crippen LogP) is 20.9. The standard InChI is InChI=1S/C66H116O6/c1-4-7-10-13-16-19-22-25-28-30-32-33-35-36-38-41-44-47-50-53-56-59-65(68)71-62-63(61-70-64(67)58-55-52-49-46-43-40-27-24-21-18-15-12-9-6-3)72-66(69)60-57-54-51-48-45-42-39-37-34-31-29-26-23-20-17-14-11-8-5-2/h7,10,15-16,18-19,24-25,27-28,32-33,63H,4-6,8-9,11-14,17,20-23,26,29-31,34-62H2,1-3H3/b10-7-,18-15-,19-16-,27-24-,28-25-,33-32-. The van der Waals surface area contributed by atoms with Gasteiger partial charge in [-0.25, -0.2) is 0 Å². The van der Waals surface area contributed by atoms with Crippen LogP contribution in [0.2, 0.25) is 0 Å². The Labute approximate surface area is 446 Å². The van der Waals surface area contributed by atoms with E-state index in [1.54, 1.807) is 0 Å². The Bertz CT molecular complexity index is 1340. The molecule has 416 valence electrons. The Morgan fingerprint density at radius 2 is 0.556 bits per heavy atom. The van der Waals surface area contributed by atoms with Crippen LogP contribution in [-0.4, -0.2) is 37.2 Å². The van der Waals surface area contributed by atoms with E-state index in [2.05, 4.69) is 93.7 Å². The molecule has 0 aromatic rings. The number of ether oxygens (including phenoxy) is 3. The third kappa shape index (κ3) is 57.7. The molecule has 0 bridgehead atoms. The van der Waals surface area contributed by atoms with E-state index in [0.717, 1.165) is 109 Å². The maximum absolute atomic E-state index is 12.9. The summed E-state index contributed by atoms with van der Waals surface area (Å²) in [5.74, 6) is -0.888. The SMILES string of the molecule is CC/C=C\C/C=C\C/C=C\C/C=C\CCCCCCCCCCC(=O)OCC(COC(=O)CCCCCCC/C=C\C/C=C\CCCC)OC(=O)CCCCCCCCCCCCCCCCCCCCC. The summed E-state index contributed by atoms with van der Waals surface area (Å²) in [4.78, 5) is 38.3. The van der Waals surface area contributed by atoms with Gasteiger partial charge in [-0.1, -0.05) is 280 Å². The van der Waals surface area contributed by atoms with Crippen LogP contribution in [0.4, 0.5) is 0 Å². The van der Waals surface area contributed by atoms with E-state index in [9.17, 15) is 14.4 Å². The summed E-state index contributed by atoms with van der Waals surface area (Å²) in [6.07, 6.45) is 77.5. The maximum Gasteiger partial charge on any atom is 0.306 e. The van der Waals surface area contributed by atoms with E-state index in [1.807, 2.05) is 0 Å². The van der Waals surface area contributed by atoms with Crippen LogP contribution in [0.3, 0.4) is 0 Å². The van der Waals surface area contributed by atoms with E-state index < -0.39 is 6.10 Å². The molecule has 0 heterocycles. The summed E-state index contributed by atoms with van der Waals surface area (Å²) < 4.78 is 16.9. The highest BCUT2D eigenvalue weighted by molar-refractivity contribution is 5.71. The number of hydrogen-bond donors (Lipinski definition) is 0. The van der Waals surface area contributed by atoms with Crippen molar-refractivity contribution in [1.29, 1.82) is 0 Å². The molecule has 1 unspecified atom stereocenters. The average Bonchev–Trinajstić information content (AvgIpc) is 3.38. The van der Waals surface area contributed by atoms with Gasteiger partial charge in [0.2, 0.25) is 0 Å². The van der Waals surface area contributed by atoms with Crippen LogP contribution >= 0.6 is 0 Å². The molecule has 6 heteroatoms. The topological polar surface area (TPSA) is 78.9 Å². The van der Waals surface area contributed by atoms with Crippen molar-refractivity contribution in [3.8, 4) is 0 Å². The molecule has 0 rings (SSSR count). The van der Waals surface area contributed by atoms with Gasteiger partial charge in [0.25, 0.3) is 0 Å². The second-order valence-electron chi connectivity index (χ2n) is 20.6. The predicted molar refractivity (Wildman–Crippen MR) is 311 cm³/mol. The van der Waals surface area contributed by atoms with Crippen LogP contribution in [0.15, 0.2) is 72.9 Å². The molecule has 0 aromatic carbocycles. The second-order valence-corrected chi connectivity index (χ2v) is 20.6. The van der Waals surface area contributed by atoms with E-state index in [4.69, 9.17) is 14.2 Å². The molecule has 0 aromatic heterocycles. The molecule has 1 atom stereocenters. The Kier molecular flexibility index (Phi) is 57.8. The highest BCUT2D eigenvalue weighted by Gasteiger charge is 2.19. The van der Waals surface area contributed by atoms with Crippen LogP contribution in [0, 0.1) is 0 Å². The Balaban J connectivity index is 4.36. The van der Waals surface area contributed by atoms with E-state index in [1.165, 1.54) is 161 Å². The van der Waals surface area contributed by atoms with Crippen molar-refractivity contribution in [3.05, 3.63) is 72.9 Å². The zero-order chi connectivity index (χ0) is 52.2. The molecule has 0 aliphatic heterocycles. The first-order valence-electron chi connectivity index (χ1n) is 30.9. The molecule has 0 saturated heterocycles. The third-order valence-corrected chi connectivity index (χ3v) is 13.4. The van der Waals surface area contributed by atoms with E-state index >= 15 is 0 Å². The van der Waals surface area contributed by atoms with Crippen molar-refractivity contribution in [2.75, 3.05) is 13.2 Å². The molecule has 0 aliphatic rings. The molecular weight excluding hydrogens is 889 g/mol. The number of allylic oxidation sites excluding steroid dienone is 12. The summed E-state index contributed by atoms with van der Waals surface area (Å²) in [5, 5.41) is 0. The number of hydrogen-bond acceptors (Lipinski definition) is 6. The van der Waals surface area contributed by atoms with Crippen molar-refractivity contribution in [2.45, 2.75) is 316 Å². The second kappa shape index (κ2) is 60.4. The van der Waals surface area contributed by atoms with Gasteiger partial charge < -0.3 is 14.2 Å². The zero-order valence-electron chi connectivity index (χ0n) is 47.7. The van der Waals surface area contributed by atoms with Crippen molar-refractivity contribution >= 4 is 17.9 Å². The number of esters is 3. The minimum atomic E-state index is -0.784. The lowest BCUT2D eigenvalue weighted by molar-refractivity contribution is -0.167. The summed E-state index contributed by atoms with van der Waals surface area (Å²) in [6, 6.07) is 0. The normalized spacial score (nSPS) is 12.5. The molecule has 0 N–H and O–H groups in total. The summed E-state index contributed by atoms with van der Waals surface area (Å²) >= 11 is 0. The Morgan fingerprint density at radius 1 is 0.292 bits per heavy atom. The van der Waals surface area contributed by atoms with Crippen molar-refractivity contribution in [3.63, 3.8) is 0 Å². The molecule has 0 amide bonds. The Hall–Kier alpha value is -3.15. The fourth-order valence-corrected chi connectivity index (χ4v) is 8.81.